The molecule has 132 valence electrons. The third-order valence-electron chi connectivity index (χ3n) is 3.28. The molecule has 0 atom stereocenters. The zero-order valence-corrected chi connectivity index (χ0v) is 14.6. The van der Waals surface area contributed by atoms with E-state index in [2.05, 4.69) is 10.3 Å². The first-order valence-corrected chi connectivity index (χ1v) is 8.73. The Hall–Kier alpha value is -3.19. The van der Waals surface area contributed by atoms with Crippen molar-refractivity contribution in [2.75, 3.05) is 18.5 Å². The molecule has 3 rings (SSSR count). The number of hydrogen-bond donors (Lipinski definition) is 1. The van der Waals surface area contributed by atoms with Crippen molar-refractivity contribution >= 4 is 28.3 Å². The molecule has 6 nitrogen and oxygen atoms in total. The predicted molar refractivity (Wildman–Crippen MR) is 99.1 cm³/mol. The van der Waals surface area contributed by atoms with Crippen molar-refractivity contribution in [2.45, 2.75) is 0 Å². The molecule has 1 amide bonds. The number of para-hydroxylation sites is 1. The van der Waals surface area contributed by atoms with Gasteiger partial charge in [0.15, 0.2) is 18.3 Å². The summed E-state index contributed by atoms with van der Waals surface area (Å²) in [5.41, 5.74) is 1.74. The molecule has 3 aromatic rings. The molecule has 0 saturated heterocycles. The average molecular weight is 368 g/mol. The Morgan fingerprint density at radius 2 is 1.65 bits per heavy atom. The standard InChI is InChI=1S/C19H16N2O4S/c22-17(11-25-18(23)12-24-15-9-5-2-6-10-15)21-19-20-16(13-26-19)14-7-3-1-4-8-14/h1-10,13H,11-12H2,(H,20,21,22). The fourth-order valence-corrected chi connectivity index (χ4v) is 2.81. The number of hydrogen-bond acceptors (Lipinski definition) is 6. The summed E-state index contributed by atoms with van der Waals surface area (Å²) >= 11 is 1.31. The minimum absolute atomic E-state index is 0.257. The molecule has 1 N–H and O–H groups in total. The maximum absolute atomic E-state index is 11.9. The molecule has 2 aromatic carbocycles. The third kappa shape index (κ3) is 5.15. The number of benzene rings is 2. The molecule has 0 aliphatic rings. The van der Waals surface area contributed by atoms with Crippen molar-refractivity contribution in [1.82, 2.24) is 4.98 Å². The van der Waals surface area contributed by atoms with Gasteiger partial charge in [-0.05, 0) is 12.1 Å². The van der Waals surface area contributed by atoms with Crippen LogP contribution in [0.5, 0.6) is 5.75 Å². The lowest BCUT2D eigenvalue weighted by molar-refractivity contribution is -0.149. The van der Waals surface area contributed by atoms with Crippen LogP contribution in [0.2, 0.25) is 0 Å². The lowest BCUT2D eigenvalue weighted by Crippen LogP contribution is -2.23. The van der Waals surface area contributed by atoms with E-state index in [-0.39, 0.29) is 6.61 Å². The number of carbonyl (C=O) groups is 2. The van der Waals surface area contributed by atoms with E-state index in [0.717, 1.165) is 11.3 Å². The molecule has 0 unspecified atom stereocenters. The molecule has 1 heterocycles. The van der Waals surface area contributed by atoms with E-state index in [9.17, 15) is 9.59 Å². The van der Waals surface area contributed by atoms with Crippen LogP contribution >= 0.6 is 11.3 Å². The molecule has 0 radical (unpaired) electrons. The number of thiazole rings is 1. The summed E-state index contributed by atoms with van der Waals surface area (Å²) in [4.78, 5) is 27.8. The van der Waals surface area contributed by atoms with E-state index < -0.39 is 18.5 Å². The van der Waals surface area contributed by atoms with E-state index in [1.165, 1.54) is 11.3 Å². The molecule has 26 heavy (non-hydrogen) atoms. The van der Waals surface area contributed by atoms with Gasteiger partial charge in [-0.25, -0.2) is 9.78 Å². The van der Waals surface area contributed by atoms with Crippen LogP contribution in [0.3, 0.4) is 0 Å². The first kappa shape index (κ1) is 17.6. The molecular weight excluding hydrogens is 352 g/mol. The minimum atomic E-state index is -0.617. The molecule has 0 aliphatic carbocycles. The Bertz CT molecular complexity index is 866. The second kappa shape index (κ2) is 8.77. The molecule has 0 saturated carbocycles. The van der Waals surface area contributed by atoms with Gasteiger partial charge in [0.1, 0.15) is 5.75 Å². The lowest BCUT2D eigenvalue weighted by Gasteiger charge is -2.06. The SMILES string of the molecule is O=C(COC(=O)COc1ccccc1)Nc1nc(-c2ccccc2)cs1. The van der Waals surface area contributed by atoms with E-state index in [4.69, 9.17) is 9.47 Å². The van der Waals surface area contributed by atoms with E-state index in [0.29, 0.717) is 10.9 Å². The zero-order chi connectivity index (χ0) is 18.2. The highest BCUT2D eigenvalue weighted by Gasteiger charge is 2.11. The molecule has 0 aliphatic heterocycles. The van der Waals surface area contributed by atoms with E-state index >= 15 is 0 Å². The van der Waals surface area contributed by atoms with Crippen LogP contribution in [0.15, 0.2) is 66.0 Å². The highest BCUT2D eigenvalue weighted by atomic mass is 32.1. The second-order valence-corrected chi connectivity index (χ2v) is 6.07. The predicted octanol–water partition coefficient (Wildman–Crippen LogP) is 3.37. The Morgan fingerprint density at radius 3 is 2.38 bits per heavy atom. The van der Waals surface area contributed by atoms with Crippen molar-refractivity contribution < 1.29 is 19.1 Å². The second-order valence-electron chi connectivity index (χ2n) is 5.21. The van der Waals surface area contributed by atoms with E-state index in [1.54, 1.807) is 24.3 Å². The molecule has 0 bridgehead atoms. The van der Waals surface area contributed by atoms with Crippen molar-refractivity contribution in [3.05, 3.63) is 66.0 Å². The maximum Gasteiger partial charge on any atom is 0.344 e. The Labute approximate surface area is 154 Å². The van der Waals surface area contributed by atoms with Gasteiger partial charge in [-0.1, -0.05) is 48.5 Å². The zero-order valence-electron chi connectivity index (χ0n) is 13.8. The summed E-state index contributed by atoms with van der Waals surface area (Å²) in [7, 11) is 0. The number of aromatic nitrogens is 1. The first-order valence-electron chi connectivity index (χ1n) is 7.85. The fourth-order valence-electron chi connectivity index (χ4n) is 2.07. The summed E-state index contributed by atoms with van der Waals surface area (Å²) in [5, 5.41) is 4.91. The lowest BCUT2D eigenvalue weighted by atomic mass is 10.2. The van der Waals surface area contributed by atoms with Crippen molar-refractivity contribution in [2.24, 2.45) is 0 Å². The van der Waals surface area contributed by atoms with Gasteiger partial charge in [0.05, 0.1) is 5.69 Å². The summed E-state index contributed by atoms with van der Waals surface area (Å²) in [6.07, 6.45) is 0. The van der Waals surface area contributed by atoms with Crippen molar-refractivity contribution in [1.29, 1.82) is 0 Å². The number of anilines is 1. The highest BCUT2D eigenvalue weighted by molar-refractivity contribution is 7.14. The van der Waals surface area contributed by atoms with Crippen LogP contribution in [-0.4, -0.2) is 30.1 Å². The van der Waals surface area contributed by atoms with E-state index in [1.807, 2.05) is 41.8 Å². The summed E-state index contributed by atoms with van der Waals surface area (Å²) in [6, 6.07) is 18.5. The van der Waals surface area contributed by atoms with Crippen molar-refractivity contribution in [3.63, 3.8) is 0 Å². The van der Waals surface area contributed by atoms with Gasteiger partial charge in [0.2, 0.25) is 0 Å². The molecule has 0 fully saturated rings. The van der Waals surface area contributed by atoms with Crippen LogP contribution in [-0.2, 0) is 14.3 Å². The molecule has 1 aromatic heterocycles. The van der Waals surface area contributed by atoms with Gasteiger partial charge >= 0.3 is 5.97 Å². The average Bonchev–Trinajstić information content (AvgIpc) is 3.15. The van der Waals surface area contributed by atoms with Crippen LogP contribution in [0, 0.1) is 0 Å². The number of rotatable bonds is 7. The number of esters is 1. The minimum Gasteiger partial charge on any atom is -0.482 e. The van der Waals surface area contributed by atoms with Gasteiger partial charge in [-0.3, -0.25) is 10.1 Å². The normalized spacial score (nSPS) is 10.2. The van der Waals surface area contributed by atoms with Crippen LogP contribution in [0.25, 0.3) is 11.3 Å². The number of ether oxygens (including phenoxy) is 2. The van der Waals surface area contributed by atoms with Gasteiger partial charge in [0, 0.05) is 10.9 Å². The first-order chi connectivity index (χ1) is 12.7. The van der Waals surface area contributed by atoms with Gasteiger partial charge in [-0.2, -0.15) is 0 Å². The third-order valence-corrected chi connectivity index (χ3v) is 4.04. The number of nitrogens with zero attached hydrogens (tertiary/aromatic N) is 1. The summed E-state index contributed by atoms with van der Waals surface area (Å²) in [5.74, 6) is -0.509. The van der Waals surface area contributed by atoms with Crippen LogP contribution < -0.4 is 10.1 Å². The molecule has 0 spiro atoms. The summed E-state index contributed by atoms with van der Waals surface area (Å²) in [6.45, 7) is -0.649. The van der Waals surface area contributed by atoms with Gasteiger partial charge < -0.3 is 9.47 Å². The highest BCUT2D eigenvalue weighted by Crippen LogP contribution is 2.24. The van der Waals surface area contributed by atoms with Crippen molar-refractivity contribution in [3.8, 4) is 17.0 Å². The number of carbonyl (C=O) groups excluding carboxylic acids is 2. The van der Waals surface area contributed by atoms with Crippen LogP contribution in [0.1, 0.15) is 0 Å². The maximum atomic E-state index is 11.9. The topological polar surface area (TPSA) is 77.5 Å². The quantitative estimate of drug-likeness (QED) is 0.647. The monoisotopic (exact) mass is 368 g/mol. The summed E-state index contributed by atoms with van der Waals surface area (Å²) < 4.78 is 10.1. The molecule has 7 heteroatoms. The largest absolute Gasteiger partial charge is 0.482 e. The Kier molecular flexibility index (Phi) is 5.95. The number of amides is 1. The fraction of sp³-hybridized carbons (Fsp3) is 0.105. The van der Waals surface area contributed by atoms with Crippen LogP contribution in [0.4, 0.5) is 5.13 Å². The Balaban J connectivity index is 1.43. The van der Waals surface area contributed by atoms with Gasteiger partial charge in [-0.15, -0.1) is 11.3 Å². The Morgan fingerprint density at radius 1 is 0.962 bits per heavy atom. The molecular formula is C19H16N2O4S. The van der Waals surface area contributed by atoms with Gasteiger partial charge in [0.25, 0.3) is 5.91 Å². The smallest absolute Gasteiger partial charge is 0.344 e. The number of nitrogens with one attached hydrogen (secondary N) is 1.